The maximum Gasteiger partial charge on any atom is 0.140 e. The zero-order valence-corrected chi connectivity index (χ0v) is 19.1. The molecule has 3 aromatic carbocycles. The van der Waals surface area contributed by atoms with Crippen LogP contribution < -0.4 is 10.1 Å². The Morgan fingerprint density at radius 2 is 1.88 bits per heavy atom. The largest absolute Gasteiger partial charge is 0.489 e. The van der Waals surface area contributed by atoms with Gasteiger partial charge in [0, 0.05) is 12.2 Å². The molecule has 32 heavy (non-hydrogen) atoms. The van der Waals surface area contributed by atoms with E-state index in [9.17, 15) is 13.5 Å². The molecule has 168 valence electrons. The van der Waals surface area contributed by atoms with Crippen molar-refractivity contribution in [3.05, 3.63) is 89.0 Å². The summed E-state index contributed by atoms with van der Waals surface area (Å²) in [6, 6.07) is 22.4. The number of hydrogen-bond donors (Lipinski definition) is 3. The van der Waals surface area contributed by atoms with E-state index in [1.807, 2.05) is 36.4 Å². The molecular weight excluding hydrogens is 422 g/mol. The van der Waals surface area contributed by atoms with E-state index in [0.29, 0.717) is 26.0 Å². The molecule has 4 rings (SSSR count). The lowest BCUT2D eigenvalue weighted by Gasteiger charge is -2.18. The topological polar surface area (TPSA) is 75.6 Å². The average Bonchev–Trinajstić information content (AvgIpc) is 3.10. The Morgan fingerprint density at radius 1 is 1.06 bits per heavy atom. The van der Waals surface area contributed by atoms with Crippen LogP contribution in [0.25, 0.3) is 11.1 Å². The molecule has 0 saturated heterocycles. The number of benzene rings is 3. The van der Waals surface area contributed by atoms with Gasteiger partial charge in [-0.25, -0.2) is 8.42 Å². The molecule has 0 bridgehead atoms. The molecule has 2 N–H and O–H groups in total. The van der Waals surface area contributed by atoms with Crippen molar-refractivity contribution in [2.24, 2.45) is 0 Å². The highest BCUT2D eigenvalue weighted by Crippen LogP contribution is 2.34. The molecule has 2 atom stereocenters. The predicted molar refractivity (Wildman–Crippen MR) is 128 cm³/mol. The van der Waals surface area contributed by atoms with Crippen molar-refractivity contribution in [3.63, 3.8) is 0 Å². The van der Waals surface area contributed by atoms with Gasteiger partial charge in [0.25, 0.3) is 0 Å². The normalized spacial score (nSPS) is 17.5. The van der Waals surface area contributed by atoms with Crippen LogP contribution in [0.4, 0.5) is 0 Å². The number of hydrogen-bond acceptors (Lipinski definition) is 5. The minimum Gasteiger partial charge on any atom is -0.489 e. The maximum atomic E-state index is 10.7. The van der Waals surface area contributed by atoms with Gasteiger partial charge >= 0.3 is 0 Å². The van der Waals surface area contributed by atoms with Crippen LogP contribution in [0, 0.1) is 6.92 Å². The van der Waals surface area contributed by atoms with Crippen molar-refractivity contribution < 1.29 is 18.3 Å². The van der Waals surface area contributed by atoms with E-state index in [0.717, 1.165) is 22.4 Å². The van der Waals surface area contributed by atoms with Gasteiger partial charge in [-0.2, -0.15) is 0 Å². The Balaban J connectivity index is 1.42. The Hall–Kier alpha value is -2.67. The summed E-state index contributed by atoms with van der Waals surface area (Å²) in [6.07, 6.45) is 0.577. The van der Waals surface area contributed by atoms with E-state index in [4.69, 9.17) is 4.74 Å². The maximum absolute atomic E-state index is 10.7. The highest BCUT2D eigenvalue weighted by molar-refractivity contribution is 7.72. The van der Waals surface area contributed by atoms with Crippen LogP contribution in [0.15, 0.2) is 66.7 Å². The molecule has 1 aliphatic rings. The fourth-order valence-corrected chi connectivity index (χ4v) is 4.76. The molecule has 0 amide bonds. The summed E-state index contributed by atoms with van der Waals surface area (Å²) in [5.41, 5.74) is 6.87. The molecule has 5 nitrogen and oxygen atoms in total. The summed E-state index contributed by atoms with van der Waals surface area (Å²) in [6.45, 7) is 3.15. The summed E-state index contributed by atoms with van der Waals surface area (Å²) in [7, 11) is -2.35. The number of aliphatic hydroxyl groups excluding tert-OH is 1. The van der Waals surface area contributed by atoms with Crippen LogP contribution in [0.2, 0.25) is 0 Å². The Kier molecular flexibility index (Phi) is 7.25. The van der Waals surface area contributed by atoms with Crippen LogP contribution in [-0.4, -0.2) is 31.9 Å². The van der Waals surface area contributed by atoms with E-state index in [1.54, 1.807) is 0 Å². The van der Waals surface area contributed by atoms with Gasteiger partial charge in [-0.3, -0.25) is 0 Å². The second-order valence-corrected chi connectivity index (χ2v) is 9.33. The predicted octanol–water partition coefficient (Wildman–Crippen LogP) is 3.79. The molecule has 0 aromatic heterocycles. The molecule has 0 fully saturated rings. The van der Waals surface area contributed by atoms with Crippen molar-refractivity contribution in [2.75, 3.05) is 12.3 Å². The SMILES string of the molecule is Cc1c(COc2ccc3c(c2)C[C@H](O)[C@@H]3NCCC[SH](=O)=O)cccc1-c1ccccc1. The number of thiol groups is 1. The average molecular weight is 452 g/mol. The highest BCUT2D eigenvalue weighted by atomic mass is 32.2. The minimum atomic E-state index is -2.35. The summed E-state index contributed by atoms with van der Waals surface area (Å²) in [5.74, 6) is 0.944. The van der Waals surface area contributed by atoms with Crippen molar-refractivity contribution in [1.82, 2.24) is 5.32 Å². The van der Waals surface area contributed by atoms with Gasteiger partial charge in [0.15, 0.2) is 0 Å². The fraction of sp³-hybridized carbons (Fsp3) is 0.308. The second kappa shape index (κ2) is 10.3. The number of ether oxygens (including phenoxy) is 1. The van der Waals surface area contributed by atoms with Gasteiger partial charge in [-0.15, -0.1) is 0 Å². The van der Waals surface area contributed by atoms with Gasteiger partial charge in [0.2, 0.25) is 0 Å². The van der Waals surface area contributed by atoms with Crippen molar-refractivity contribution in [3.8, 4) is 16.9 Å². The van der Waals surface area contributed by atoms with Crippen LogP contribution in [-0.2, 0) is 23.7 Å². The van der Waals surface area contributed by atoms with Crippen LogP contribution in [0.3, 0.4) is 0 Å². The Bertz CT molecular complexity index is 1140. The lowest BCUT2D eigenvalue weighted by molar-refractivity contribution is 0.141. The molecule has 0 aliphatic heterocycles. The number of fused-ring (bicyclic) bond motifs is 1. The molecular formula is C26H29NO4S. The third-order valence-electron chi connectivity index (χ3n) is 6.07. The third-order valence-corrected chi connectivity index (χ3v) is 6.75. The molecule has 1 aliphatic carbocycles. The first-order valence-electron chi connectivity index (χ1n) is 11.0. The molecule has 3 aromatic rings. The first-order valence-corrected chi connectivity index (χ1v) is 12.3. The summed E-state index contributed by atoms with van der Waals surface area (Å²) >= 11 is 0. The standard InChI is InChI=1S/C26H29NO4S/c1-18-20(9-5-10-23(18)19-7-3-2-4-8-19)17-31-22-11-12-24-21(15-22)16-25(28)26(24)27-13-6-14-32(29)30/h2-5,7-12,15,25-28,32H,6,13-14,16-17H2,1H3/t25-,26+/m0/s1. The summed E-state index contributed by atoms with van der Waals surface area (Å²) < 4.78 is 27.5. The van der Waals surface area contributed by atoms with Crippen LogP contribution in [0.5, 0.6) is 5.75 Å². The highest BCUT2D eigenvalue weighted by Gasteiger charge is 2.30. The number of nitrogens with one attached hydrogen (secondary N) is 1. The first kappa shape index (κ1) is 22.5. The smallest absolute Gasteiger partial charge is 0.140 e. The first-order chi connectivity index (χ1) is 15.5. The number of rotatable bonds is 9. The number of aliphatic hydroxyl groups is 1. The summed E-state index contributed by atoms with van der Waals surface area (Å²) in [4.78, 5) is 0. The zero-order valence-electron chi connectivity index (χ0n) is 18.2. The lowest BCUT2D eigenvalue weighted by atomic mass is 9.97. The van der Waals surface area contributed by atoms with E-state index in [1.165, 1.54) is 16.7 Å². The molecule has 0 spiro atoms. The fourth-order valence-electron chi connectivity index (χ4n) is 4.35. The van der Waals surface area contributed by atoms with Gasteiger partial charge in [-0.1, -0.05) is 54.6 Å². The molecule has 0 radical (unpaired) electrons. The van der Waals surface area contributed by atoms with Gasteiger partial charge in [-0.05, 0) is 65.4 Å². The van der Waals surface area contributed by atoms with E-state index in [2.05, 4.69) is 42.6 Å². The molecule has 0 saturated carbocycles. The van der Waals surface area contributed by atoms with Crippen molar-refractivity contribution in [1.29, 1.82) is 0 Å². The van der Waals surface area contributed by atoms with Gasteiger partial charge < -0.3 is 15.2 Å². The van der Waals surface area contributed by atoms with Crippen LogP contribution in [0.1, 0.15) is 34.7 Å². The van der Waals surface area contributed by atoms with Gasteiger partial charge in [0.1, 0.15) is 23.1 Å². The zero-order chi connectivity index (χ0) is 22.5. The second-order valence-electron chi connectivity index (χ2n) is 8.22. The van der Waals surface area contributed by atoms with Crippen LogP contribution >= 0.6 is 0 Å². The Morgan fingerprint density at radius 3 is 2.66 bits per heavy atom. The quantitative estimate of drug-likeness (QED) is 0.341. The summed E-state index contributed by atoms with van der Waals surface area (Å²) in [5, 5.41) is 13.8. The lowest BCUT2D eigenvalue weighted by Crippen LogP contribution is -2.29. The molecule has 6 heteroatoms. The van der Waals surface area contributed by atoms with E-state index in [-0.39, 0.29) is 11.8 Å². The third kappa shape index (κ3) is 5.21. The monoisotopic (exact) mass is 451 g/mol. The molecule has 0 unspecified atom stereocenters. The van der Waals surface area contributed by atoms with E-state index < -0.39 is 16.8 Å². The Labute approximate surface area is 191 Å². The van der Waals surface area contributed by atoms with E-state index >= 15 is 0 Å². The van der Waals surface area contributed by atoms with Gasteiger partial charge in [0.05, 0.1) is 12.1 Å². The van der Waals surface area contributed by atoms with Crippen molar-refractivity contribution in [2.45, 2.75) is 38.5 Å². The minimum absolute atomic E-state index is 0.162. The van der Waals surface area contributed by atoms with Crippen molar-refractivity contribution >= 4 is 10.7 Å². The molecule has 0 heterocycles.